The monoisotopic (exact) mass is 386 g/mol. The van der Waals surface area contributed by atoms with E-state index in [1.807, 2.05) is 25.1 Å². The van der Waals surface area contributed by atoms with Crippen LogP contribution in [0, 0.1) is 0 Å². The number of ether oxygens (including phenoxy) is 1. The maximum Gasteiger partial charge on any atom is 0.160 e. The zero-order valence-electron chi connectivity index (χ0n) is 17.8. The van der Waals surface area contributed by atoms with Gasteiger partial charge in [-0.3, -0.25) is 4.79 Å². The minimum Gasteiger partial charge on any atom is -0.504 e. The highest BCUT2D eigenvalue weighted by Crippen LogP contribution is 2.27. The van der Waals surface area contributed by atoms with Gasteiger partial charge in [-0.25, -0.2) is 0 Å². The third-order valence-electron chi connectivity index (χ3n) is 4.65. The second-order valence-corrected chi connectivity index (χ2v) is 7.34. The number of hydrogen-bond acceptors (Lipinski definition) is 3. The molecular formula is C25H38O3. The average molecular weight is 387 g/mol. The highest BCUT2D eigenvalue weighted by molar-refractivity contribution is 5.89. The molecule has 0 spiro atoms. The van der Waals surface area contributed by atoms with Gasteiger partial charge in [-0.1, -0.05) is 89.5 Å². The number of phenolic OH excluding ortho intramolecular Hbond substituents is 1. The summed E-state index contributed by atoms with van der Waals surface area (Å²) in [6, 6.07) is 5.32. The van der Waals surface area contributed by atoms with Crippen LogP contribution in [0.1, 0.15) is 90.0 Å². The van der Waals surface area contributed by atoms with Crippen molar-refractivity contribution in [2.75, 3.05) is 6.61 Å². The lowest BCUT2D eigenvalue weighted by molar-refractivity contribution is -0.114. The second-order valence-electron chi connectivity index (χ2n) is 7.34. The quantitative estimate of drug-likeness (QED) is 0.185. The van der Waals surface area contributed by atoms with Crippen LogP contribution in [0.25, 0.3) is 6.08 Å². The van der Waals surface area contributed by atoms with Gasteiger partial charge in [0.2, 0.25) is 0 Å². The molecule has 0 saturated carbocycles. The van der Waals surface area contributed by atoms with Crippen LogP contribution in [0.15, 0.2) is 36.4 Å². The van der Waals surface area contributed by atoms with Crippen LogP contribution in [-0.2, 0) is 4.79 Å². The summed E-state index contributed by atoms with van der Waals surface area (Å²) in [5.41, 5.74) is 0.873. The van der Waals surface area contributed by atoms with Gasteiger partial charge >= 0.3 is 0 Å². The molecule has 0 atom stereocenters. The Morgan fingerprint density at radius 1 is 0.929 bits per heavy atom. The summed E-state index contributed by atoms with van der Waals surface area (Å²) in [5.74, 6) is 0.824. The van der Waals surface area contributed by atoms with Crippen molar-refractivity contribution >= 4 is 11.9 Å². The highest BCUT2D eigenvalue weighted by Gasteiger charge is 2.01. The zero-order chi connectivity index (χ0) is 20.5. The summed E-state index contributed by atoms with van der Waals surface area (Å²) in [6.07, 6.45) is 20.0. The van der Waals surface area contributed by atoms with Gasteiger partial charge in [0, 0.05) is 6.42 Å². The fraction of sp³-hybridized carbons (Fsp3) is 0.560. The third kappa shape index (κ3) is 11.6. The average Bonchev–Trinajstić information content (AvgIpc) is 2.69. The lowest BCUT2D eigenvalue weighted by Crippen LogP contribution is -1.95. The van der Waals surface area contributed by atoms with Gasteiger partial charge in [0.05, 0.1) is 6.61 Å². The number of ketones is 1. The van der Waals surface area contributed by atoms with Crippen molar-refractivity contribution < 1.29 is 14.6 Å². The molecule has 0 fully saturated rings. The molecule has 3 nitrogen and oxygen atoms in total. The van der Waals surface area contributed by atoms with E-state index < -0.39 is 0 Å². The molecule has 156 valence electrons. The van der Waals surface area contributed by atoms with Crippen molar-refractivity contribution in [1.82, 2.24) is 0 Å². The Hall–Kier alpha value is -2.03. The molecule has 0 aliphatic carbocycles. The van der Waals surface area contributed by atoms with Crippen LogP contribution < -0.4 is 4.74 Å². The van der Waals surface area contributed by atoms with Crippen LogP contribution in [0.3, 0.4) is 0 Å². The third-order valence-corrected chi connectivity index (χ3v) is 4.65. The largest absolute Gasteiger partial charge is 0.504 e. The number of aromatic hydroxyl groups is 1. The molecule has 0 aliphatic heterocycles. The minimum atomic E-state index is 0.140. The van der Waals surface area contributed by atoms with Gasteiger partial charge in [-0.05, 0) is 36.6 Å². The first-order valence-electron chi connectivity index (χ1n) is 11.0. The number of carbonyl (C=O) groups is 1. The normalized spacial score (nSPS) is 11.5. The molecule has 28 heavy (non-hydrogen) atoms. The number of hydrogen-bond donors (Lipinski definition) is 1. The van der Waals surface area contributed by atoms with E-state index in [0.717, 1.165) is 24.8 Å². The van der Waals surface area contributed by atoms with Gasteiger partial charge in [0.1, 0.15) is 0 Å². The Balaban J connectivity index is 2.18. The molecule has 1 aromatic rings. The van der Waals surface area contributed by atoms with E-state index in [9.17, 15) is 9.90 Å². The Bertz CT molecular complexity index is 602. The smallest absolute Gasteiger partial charge is 0.160 e. The van der Waals surface area contributed by atoms with Gasteiger partial charge in [-0.2, -0.15) is 0 Å². The summed E-state index contributed by atoms with van der Waals surface area (Å²) in [7, 11) is 0. The van der Waals surface area contributed by atoms with Crippen LogP contribution in [0.4, 0.5) is 0 Å². The maximum atomic E-state index is 11.9. The van der Waals surface area contributed by atoms with Crippen molar-refractivity contribution in [2.24, 2.45) is 0 Å². The van der Waals surface area contributed by atoms with Crippen LogP contribution in [0.2, 0.25) is 0 Å². The fourth-order valence-corrected chi connectivity index (χ4v) is 2.99. The minimum absolute atomic E-state index is 0.140. The van der Waals surface area contributed by atoms with Crippen molar-refractivity contribution in [1.29, 1.82) is 0 Å². The lowest BCUT2D eigenvalue weighted by atomic mass is 10.1. The number of unbranched alkanes of at least 4 members (excludes halogenated alkanes) is 8. The number of phenols is 1. The van der Waals surface area contributed by atoms with Crippen molar-refractivity contribution in [3.63, 3.8) is 0 Å². The molecule has 0 radical (unpaired) electrons. The molecular weight excluding hydrogens is 348 g/mol. The van der Waals surface area contributed by atoms with E-state index in [1.165, 1.54) is 44.9 Å². The summed E-state index contributed by atoms with van der Waals surface area (Å²) in [4.78, 5) is 11.9. The van der Waals surface area contributed by atoms with Gasteiger partial charge < -0.3 is 9.84 Å². The first-order chi connectivity index (χ1) is 13.7. The van der Waals surface area contributed by atoms with Gasteiger partial charge in [0.15, 0.2) is 17.3 Å². The first-order valence-corrected chi connectivity index (χ1v) is 11.0. The fourth-order valence-electron chi connectivity index (χ4n) is 2.99. The Labute approximate surface area is 171 Å². The Kier molecular flexibility index (Phi) is 13.7. The molecule has 1 rings (SSSR count). The Morgan fingerprint density at radius 3 is 2.25 bits per heavy atom. The zero-order valence-corrected chi connectivity index (χ0v) is 17.8. The van der Waals surface area contributed by atoms with Crippen LogP contribution in [-0.4, -0.2) is 17.5 Å². The van der Waals surface area contributed by atoms with Crippen LogP contribution >= 0.6 is 0 Å². The predicted octanol–water partition coefficient (Wildman–Crippen LogP) is 7.24. The molecule has 1 N–H and O–H groups in total. The van der Waals surface area contributed by atoms with Gasteiger partial charge in [-0.15, -0.1) is 0 Å². The first kappa shape index (κ1) is 24.0. The van der Waals surface area contributed by atoms with Crippen molar-refractivity contribution in [3.8, 4) is 11.5 Å². The molecule has 3 heteroatoms. The summed E-state index contributed by atoms with van der Waals surface area (Å²) >= 11 is 0. The van der Waals surface area contributed by atoms with E-state index in [4.69, 9.17) is 4.74 Å². The molecule has 0 heterocycles. The van der Waals surface area contributed by atoms with Crippen molar-refractivity contribution in [3.05, 3.63) is 42.0 Å². The van der Waals surface area contributed by atoms with E-state index in [-0.39, 0.29) is 11.5 Å². The molecule has 0 unspecified atom stereocenters. The number of rotatable bonds is 16. The van der Waals surface area contributed by atoms with E-state index >= 15 is 0 Å². The molecule has 0 bridgehead atoms. The number of carbonyl (C=O) groups excluding carboxylic acids is 1. The summed E-state index contributed by atoms with van der Waals surface area (Å²) < 4.78 is 5.45. The van der Waals surface area contributed by atoms with Crippen molar-refractivity contribution in [2.45, 2.75) is 84.5 Å². The molecule has 0 aliphatic rings. The molecule has 1 aromatic carbocycles. The molecule has 0 aromatic heterocycles. The van der Waals surface area contributed by atoms with E-state index in [2.05, 4.69) is 6.92 Å². The number of benzene rings is 1. The van der Waals surface area contributed by atoms with Gasteiger partial charge in [0.25, 0.3) is 0 Å². The SMILES string of the molecule is CCCCCCCCCCCC(=O)C=CC=Cc1ccc(OCCC)c(O)c1. The lowest BCUT2D eigenvalue weighted by Gasteiger charge is -2.06. The Morgan fingerprint density at radius 2 is 1.61 bits per heavy atom. The van der Waals surface area contributed by atoms with E-state index in [0.29, 0.717) is 18.8 Å². The topological polar surface area (TPSA) is 46.5 Å². The van der Waals surface area contributed by atoms with E-state index in [1.54, 1.807) is 24.3 Å². The number of allylic oxidation sites excluding steroid dienone is 3. The standard InChI is InChI=1S/C25H38O3/c1-3-5-6-7-8-9-10-11-12-16-23(26)17-14-13-15-22-18-19-25(24(27)21-22)28-20-4-2/h13-15,17-19,21,27H,3-12,16,20H2,1-2H3. The maximum absolute atomic E-state index is 11.9. The molecule has 0 amide bonds. The summed E-state index contributed by atoms with van der Waals surface area (Å²) in [5, 5.41) is 9.94. The highest BCUT2D eigenvalue weighted by atomic mass is 16.5. The summed E-state index contributed by atoms with van der Waals surface area (Å²) in [6.45, 7) is 4.86. The second kappa shape index (κ2) is 16.0. The molecule has 0 saturated heterocycles. The van der Waals surface area contributed by atoms with Crippen LogP contribution in [0.5, 0.6) is 11.5 Å². The predicted molar refractivity (Wildman–Crippen MR) is 119 cm³/mol.